The molecule has 0 radical (unpaired) electrons. The van der Waals surface area contributed by atoms with Gasteiger partial charge in [-0.1, -0.05) is 0 Å². The molecule has 0 bridgehead atoms. The zero-order valence-electron chi connectivity index (χ0n) is 22.2. The van der Waals surface area contributed by atoms with Crippen molar-refractivity contribution in [3.05, 3.63) is 54.1 Å². The highest BCUT2D eigenvalue weighted by Gasteiger charge is 2.35. The molecule has 41 heavy (non-hydrogen) atoms. The van der Waals surface area contributed by atoms with Crippen LogP contribution in [0.2, 0.25) is 0 Å². The molecule has 0 aliphatic carbocycles. The van der Waals surface area contributed by atoms with E-state index in [2.05, 4.69) is 10.1 Å². The van der Waals surface area contributed by atoms with Crippen molar-refractivity contribution >= 4 is 27.4 Å². The number of rotatable bonds is 9. The molecule has 9 nitrogen and oxygen atoms in total. The summed E-state index contributed by atoms with van der Waals surface area (Å²) in [7, 11) is -3.31. The summed E-state index contributed by atoms with van der Waals surface area (Å²) in [5.74, 6) is 0.226. The molecular weight excluding hydrogens is 575 g/mol. The van der Waals surface area contributed by atoms with Crippen LogP contribution in [0.25, 0.3) is 0 Å². The molecule has 2 aromatic rings. The third kappa shape index (κ3) is 7.98. The van der Waals surface area contributed by atoms with Crippen LogP contribution in [0.4, 0.5) is 38.1 Å². The number of halogens is 5. The minimum atomic E-state index is -4.47. The van der Waals surface area contributed by atoms with Gasteiger partial charge in [-0.05, 0) is 55.5 Å². The predicted octanol–water partition coefficient (Wildman–Crippen LogP) is 4.47. The first kappa shape index (κ1) is 30.8. The number of hydrogen-bond acceptors (Lipinski definition) is 6. The average molecular weight is 607 g/mol. The lowest BCUT2D eigenvalue weighted by molar-refractivity contribution is -0.137. The van der Waals surface area contributed by atoms with Crippen LogP contribution in [0.3, 0.4) is 0 Å². The van der Waals surface area contributed by atoms with E-state index in [0.29, 0.717) is 17.8 Å². The van der Waals surface area contributed by atoms with Crippen LogP contribution in [0, 0.1) is 0 Å². The first-order valence-electron chi connectivity index (χ1n) is 13.0. The normalized spacial score (nSPS) is 20.5. The molecule has 0 unspecified atom stereocenters. The molecule has 2 heterocycles. The first-order valence-corrected chi connectivity index (χ1v) is 14.6. The molecule has 1 N–H and O–H groups in total. The van der Waals surface area contributed by atoms with Crippen molar-refractivity contribution in [1.29, 1.82) is 0 Å². The fourth-order valence-corrected chi connectivity index (χ4v) is 5.91. The maximum absolute atomic E-state index is 12.9. The van der Waals surface area contributed by atoms with Gasteiger partial charge in [0.25, 0.3) is 0 Å². The van der Waals surface area contributed by atoms with Gasteiger partial charge in [0.2, 0.25) is 10.0 Å². The number of carbonyl (C=O) groups is 1. The highest BCUT2D eigenvalue weighted by molar-refractivity contribution is 7.89. The third-order valence-corrected chi connectivity index (χ3v) is 8.89. The van der Waals surface area contributed by atoms with Gasteiger partial charge in [0.05, 0.1) is 30.5 Å². The Kier molecular flexibility index (Phi) is 9.59. The topological polar surface area (TPSA) is 91.4 Å². The molecule has 2 aliphatic heterocycles. The predicted molar refractivity (Wildman–Crippen MR) is 142 cm³/mol. The molecule has 0 aromatic heterocycles. The van der Waals surface area contributed by atoms with Crippen molar-refractivity contribution in [2.45, 2.75) is 38.3 Å². The van der Waals surface area contributed by atoms with Crippen LogP contribution >= 0.6 is 0 Å². The highest BCUT2D eigenvalue weighted by Crippen LogP contribution is 2.33. The molecule has 0 spiro atoms. The van der Waals surface area contributed by atoms with Crippen molar-refractivity contribution in [3.8, 4) is 5.75 Å². The number of sulfonamides is 1. The van der Waals surface area contributed by atoms with Crippen LogP contribution in [-0.4, -0.2) is 87.5 Å². The minimum absolute atomic E-state index is 0.000388. The van der Waals surface area contributed by atoms with Gasteiger partial charge in [0, 0.05) is 44.0 Å². The van der Waals surface area contributed by atoms with Gasteiger partial charge in [-0.25, -0.2) is 13.2 Å². The summed E-state index contributed by atoms with van der Waals surface area (Å²) >= 11 is 0. The molecule has 2 fully saturated rings. The van der Waals surface area contributed by atoms with Gasteiger partial charge >= 0.3 is 18.8 Å². The van der Waals surface area contributed by atoms with Gasteiger partial charge in [-0.2, -0.15) is 26.3 Å². The Bertz CT molecular complexity index is 1270. The van der Waals surface area contributed by atoms with Crippen molar-refractivity contribution < 1.29 is 44.6 Å². The van der Waals surface area contributed by atoms with Crippen molar-refractivity contribution in [2.24, 2.45) is 0 Å². The smallest absolute Gasteiger partial charge is 0.416 e. The van der Waals surface area contributed by atoms with Gasteiger partial charge in [-0.3, -0.25) is 0 Å². The molecule has 0 saturated carbocycles. The summed E-state index contributed by atoms with van der Waals surface area (Å²) in [6.07, 6.45) is -4.67. The lowest BCUT2D eigenvalue weighted by Crippen LogP contribution is -2.51. The Hall–Kier alpha value is -3.17. The van der Waals surface area contributed by atoms with Crippen LogP contribution < -0.4 is 15.0 Å². The number of carbonyl (C=O) groups excluding carboxylic acids is 1. The van der Waals surface area contributed by atoms with Crippen LogP contribution in [0.1, 0.15) is 18.9 Å². The van der Waals surface area contributed by atoms with Crippen LogP contribution in [0.15, 0.2) is 48.5 Å². The standard InChI is InChI=1S/C26H31F5N4O5S/c1-2-41(37,38)34-13-11-33(12-14-34)25(36)32-19-5-7-20(8-6-19)35-16-23(15-21(35)17-39-24(27)28)40-22-9-3-18(4-10-22)26(29,30)31/h3-10,21,23-24H,2,11-17H2,1H3,(H,32,36)/t21-,23-/m0/s1. The van der Waals surface area contributed by atoms with E-state index >= 15 is 0 Å². The zero-order chi connectivity index (χ0) is 29.8. The number of ether oxygens (including phenoxy) is 2. The van der Waals surface area contributed by atoms with Crippen molar-refractivity contribution in [3.63, 3.8) is 0 Å². The molecule has 2 amide bonds. The van der Waals surface area contributed by atoms with Crippen LogP contribution in [0.5, 0.6) is 5.75 Å². The molecule has 2 aliphatic rings. The Balaban J connectivity index is 1.37. The number of anilines is 2. The molecule has 2 saturated heterocycles. The lowest BCUT2D eigenvalue weighted by atomic mass is 10.2. The molecule has 2 aromatic carbocycles. The summed E-state index contributed by atoms with van der Waals surface area (Å²) in [6, 6.07) is 10.1. The number of urea groups is 1. The molecule has 15 heteroatoms. The monoisotopic (exact) mass is 606 g/mol. The Morgan fingerprint density at radius 2 is 1.66 bits per heavy atom. The van der Waals surface area contributed by atoms with Gasteiger partial charge in [0.1, 0.15) is 11.9 Å². The number of benzene rings is 2. The fraction of sp³-hybridized carbons (Fsp3) is 0.500. The third-order valence-electron chi connectivity index (χ3n) is 7.01. The second kappa shape index (κ2) is 12.8. The average Bonchev–Trinajstić information content (AvgIpc) is 3.34. The fourth-order valence-electron chi connectivity index (χ4n) is 4.82. The van der Waals surface area contributed by atoms with E-state index < -0.39 is 40.5 Å². The van der Waals surface area contributed by atoms with E-state index in [1.54, 1.807) is 31.2 Å². The van der Waals surface area contributed by atoms with Crippen LogP contribution in [-0.2, 0) is 20.9 Å². The highest BCUT2D eigenvalue weighted by atomic mass is 32.2. The number of amides is 2. The van der Waals surface area contributed by atoms with Crippen molar-refractivity contribution in [1.82, 2.24) is 9.21 Å². The van der Waals surface area contributed by atoms with E-state index in [0.717, 1.165) is 12.1 Å². The van der Waals surface area contributed by atoms with Gasteiger partial charge in [-0.15, -0.1) is 0 Å². The largest absolute Gasteiger partial charge is 0.489 e. The maximum Gasteiger partial charge on any atom is 0.416 e. The lowest BCUT2D eigenvalue weighted by Gasteiger charge is -2.33. The van der Waals surface area contributed by atoms with Gasteiger partial charge in [0.15, 0.2) is 0 Å². The number of hydrogen-bond donors (Lipinski definition) is 1. The number of piperazine rings is 1. The molecular formula is C26H31F5N4O5S. The summed E-state index contributed by atoms with van der Waals surface area (Å²) in [6.45, 7) is -0.469. The quantitative estimate of drug-likeness (QED) is 0.424. The molecule has 2 atom stereocenters. The summed E-state index contributed by atoms with van der Waals surface area (Å²) in [5.41, 5.74) is 0.335. The Labute approximate surface area is 234 Å². The summed E-state index contributed by atoms with van der Waals surface area (Å²) in [4.78, 5) is 16.0. The summed E-state index contributed by atoms with van der Waals surface area (Å²) in [5, 5.41) is 2.78. The number of nitrogens with one attached hydrogen (secondary N) is 1. The summed E-state index contributed by atoms with van der Waals surface area (Å²) < 4.78 is 100.0. The minimum Gasteiger partial charge on any atom is -0.489 e. The van der Waals surface area contributed by atoms with E-state index in [1.165, 1.54) is 21.3 Å². The first-order chi connectivity index (χ1) is 19.4. The number of alkyl halides is 5. The molecule has 4 rings (SSSR count). The van der Waals surface area contributed by atoms with Gasteiger partial charge < -0.3 is 24.6 Å². The second-order valence-electron chi connectivity index (χ2n) is 9.66. The van der Waals surface area contributed by atoms with Crippen molar-refractivity contribution in [2.75, 3.05) is 55.3 Å². The Morgan fingerprint density at radius 3 is 2.22 bits per heavy atom. The van der Waals surface area contributed by atoms with E-state index in [1.807, 2.05) is 4.90 Å². The van der Waals surface area contributed by atoms with E-state index in [4.69, 9.17) is 4.74 Å². The Morgan fingerprint density at radius 1 is 1.02 bits per heavy atom. The second-order valence-corrected chi connectivity index (χ2v) is 11.9. The molecule has 226 valence electrons. The van der Waals surface area contributed by atoms with E-state index in [9.17, 15) is 35.2 Å². The zero-order valence-corrected chi connectivity index (χ0v) is 23.0. The maximum atomic E-state index is 12.9. The number of nitrogens with zero attached hydrogens (tertiary/aromatic N) is 3. The SMILES string of the molecule is CCS(=O)(=O)N1CCN(C(=O)Nc2ccc(N3C[C@@H](Oc4ccc(C(F)(F)F)cc4)C[C@H]3COC(F)F)cc2)CC1. The van der Waals surface area contributed by atoms with E-state index in [-0.39, 0.29) is 56.9 Å².